The highest BCUT2D eigenvalue weighted by Crippen LogP contribution is 2.39. The number of aromatic nitrogens is 2. The molecule has 3 aromatic rings. The minimum Gasteiger partial charge on any atom is -0.368 e. The highest BCUT2D eigenvalue weighted by atomic mass is 79.9. The number of aryl methyl sites for hydroxylation is 1. The maximum absolute atomic E-state index is 14.1. The number of hydrogen-bond acceptors (Lipinski definition) is 4. The number of halogens is 2. The van der Waals surface area contributed by atoms with E-state index in [9.17, 15) is 9.18 Å². The number of carbonyl (C=O) groups excluding carboxylic acids is 1. The number of nitrogens with zero attached hydrogens (tertiary/aromatic N) is 2. The number of carbonyl (C=O) groups is 1. The number of rotatable bonds is 3. The van der Waals surface area contributed by atoms with Crippen LogP contribution >= 0.6 is 15.9 Å². The van der Waals surface area contributed by atoms with Crippen LogP contribution in [0.4, 0.5) is 15.8 Å². The van der Waals surface area contributed by atoms with Crippen molar-refractivity contribution in [1.29, 1.82) is 0 Å². The molecule has 146 valence electrons. The van der Waals surface area contributed by atoms with Crippen LogP contribution < -0.4 is 16.0 Å². The normalized spacial score (nSPS) is 17.1. The van der Waals surface area contributed by atoms with E-state index in [0.29, 0.717) is 11.3 Å². The van der Waals surface area contributed by atoms with Gasteiger partial charge in [-0.25, -0.2) is 9.37 Å². The summed E-state index contributed by atoms with van der Waals surface area (Å²) in [5.74, 6) is -1.05. The van der Waals surface area contributed by atoms with Crippen LogP contribution in [-0.4, -0.2) is 35.0 Å². The van der Waals surface area contributed by atoms with E-state index in [4.69, 9.17) is 5.73 Å². The van der Waals surface area contributed by atoms with Gasteiger partial charge in [0.05, 0.1) is 26.8 Å². The first-order valence-electron chi connectivity index (χ1n) is 9.17. The molecule has 28 heavy (non-hydrogen) atoms. The molecular formula is C20H21BrFN5O. The van der Waals surface area contributed by atoms with Crippen LogP contribution in [0.2, 0.25) is 0 Å². The highest BCUT2D eigenvalue weighted by molar-refractivity contribution is 9.10. The van der Waals surface area contributed by atoms with Crippen LogP contribution in [0.15, 0.2) is 35.1 Å². The fourth-order valence-electron chi connectivity index (χ4n) is 3.68. The van der Waals surface area contributed by atoms with E-state index in [1.165, 1.54) is 12.1 Å². The Morgan fingerprint density at radius 1 is 1.46 bits per heavy atom. The smallest absolute Gasteiger partial charge is 0.258 e. The predicted octanol–water partition coefficient (Wildman–Crippen LogP) is 3.95. The Labute approximate surface area is 170 Å². The molecular weight excluding hydrogens is 425 g/mol. The number of hydrogen-bond donors (Lipinski definition) is 3. The van der Waals surface area contributed by atoms with E-state index in [1.807, 2.05) is 6.92 Å². The summed E-state index contributed by atoms with van der Waals surface area (Å²) in [7, 11) is 0. The van der Waals surface area contributed by atoms with Crippen LogP contribution in [0, 0.1) is 12.7 Å². The third-order valence-corrected chi connectivity index (χ3v) is 5.60. The number of aromatic amines is 1. The number of amides is 1. The Morgan fingerprint density at radius 3 is 3.07 bits per heavy atom. The summed E-state index contributed by atoms with van der Waals surface area (Å²) in [6, 6.07) is 4.58. The molecule has 0 spiro atoms. The zero-order chi connectivity index (χ0) is 19.8. The van der Waals surface area contributed by atoms with Crippen molar-refractivity contribution in [2.75, 3.05) is 23.3 Å². The Balaban J connectivity index is 1.75. The summed E-state index contributed by atoms with van der Waals surface area (Å²) >= 11 is 3.59. The first-order chi connectivity index (χ1) is 13.4. The molecule has 3 heterocycles. The minimum atomic E-state index is -0.551. The summed E-state index contributed by atoms with van der Waals surface area (Å²) in [6.45, 7) is 3.42. The molecule has 8 heteroatoms. The molecule has 1 aliphatic rings. The number of nitrogens with two attached hydrogens (primary N) is 1. The SMILES string of the molecule is Cc1ccc(F)c(C(=O)Nc2c[nH]c3ncc(Br)c(N4CCCC(N)C4)c23)c1. The second-order valence-corrected chi connectivity index (χ2v) is 8.02. The van der Waals surface area contributed by atoms with E-state index in [1.54, 1.807) is 18.5 Å². The molecule has 1 atom stereocenters. The fourth-order valence-corrected chi connectivity index (χ4v) is 4.23. The molecule has 0 saturated carbocycles. The van der Waals surface area contributed by atoms with Gasteiger partial charge in [-0.1, -0.05) is 11.6 Å². The predicted molar refractivity (Wildman–Crippen MR) is 112 cm³/mol. The van der Waals surface area contributed by atoms with Crippen molar-refractivity contribution in [1.82, 2.24) is 9.97 Å². The van der Waals surface area contributed by atoms with Gasteiger partial charge in [-0.05, 0) is 47.8 Å². The highest BCUT2D eigenvalue weighted by Gasteiger charge is 2.24. The summed E-state index contributed by atoms with van der Waals surface area (Å²) < 4.78 is 15.0. The average Bonchev–Trinajstić information content (AvgIpc) is 3.06. The van der Waals surface area contributed by atoms with Crippen LogP contribution in [0.25, 0.3) is 11.0 Å². The molecule has 1 aromatic carbocycles. The molecule has 1 amide bonds. The van der Waals surface area contributed by atoms with Gasteiger partial charge in [0.2, 0.25) is 0 Å². The molecule has 4 N–H and O–H groups in total. The van der Waals surface area contributed by atoms with Gasteiger partial charge >= 0.3 is 0 Å². The number of fused-ring (bicyclic) bond motifs is 1. The maximum Gasteiger partial charge on any atom is 0.258 e. The summed E-state index contributed by atoms with van der Waals surface area (Å²) in [5.41, 5.74) is 9.14. The fraction of sp³-hybridized carbons (Fsp3) is 0.300. The lowest BCUT2D eigenvalue weighted by Gasteiger charge is -2.33. The number of pyridine rings is 1. The first-order valence-corrected chi connectivity index (χ1v) is 9.97. The Bertz CT molecular complexity index is 1050. The van der Waals surface area contributed by atoms with Crippen LogP contribution in [0.5, 0.6) is 0 Å². The zero-order valence-electron chi connectivity index (χ0n) is 15.4. The first kappa shape index (κ1) is 18.9. The van der Waals surface area contributed by atoms with Crippen molar-refractivity contribution < 1.29 is 9.18 Å². The van der Waals surface area contributed by atoms with Crippen LogP contribution in [0.3, 0.4) is 0 Å². The summed E-state index contributed by atoms with van der Waals surface area (Å²) in [4.78, 5) is 22.4. The van der Waals surface area contributed by atoms with E-state index in [2.05, 4.69) is 36.1 Å². The van der Waals surface area contributed by atoms with Gasteiger partial charge in [0.1, 0.15) is 11.5 Å². The minimum absolute atomic E-state index is 0.0128. The van der Waals surface area contributed by atoms with E-state index in [-0.39, 0.29) is 11.6 Å². The Kier molecular flexibility index (Phi) is 5.07. The van der Waals surface area contributed by atoms with Gasteiger partial charge in [0, 0.05) is 31.5 Å². The zero-order valence-corrected chi connectivity index (χ0v) is 17.0. The van der Waals surface area contributed by atoms with Gasteiger partial charge in [0.15, 0.2) is 0 Å². The Morgan fingerprint density at radius 2 is 2.29 bits per heavy atom. The number of H-pyrrole nitrogens is 1. The number of benzene rings is 1. The molecule has 1 aliphatic heterocycles. The van der Waals surface area contributed by atoms with Crippen molar-refractivity contribution in [2.24, 2.45) is 5.73 Å². The van der Waals surface area contributed by atoms with Crippen molar-refractivity contribution in [2.45, 2.75) is 25.8 Å². The maximum atomic E-state index is 14.1. The van der Waals surface area contributed by atoms with Crippen LogP contribution in [0.1, 0.15) is 28.8 Å². The van der Waals surface area contributed by atoms with Crippen molar-refractivity contribution in [3.05, 3.63) is 52.0 Å². The molecule has 4 rings (SSSR count). The third kappa shape index (κ3) is 3.49. The second kappa shape index (κ2) is 7.52. The molecule has 1 fully saturated rings. The van der Waals surface area contributed by atoms with Gasteiger partial charge in [-0.15, -0.1) is 0 Å². The summed E-state index contributed by atoms with van der Waals surface area (Å²) in [6.07, 6.45) is 5.41. The largest absolute Gasteiger partial charge is 0.368 e. The molecule has 2 aromatic heterocycles. The van der Waals surface area contributed by atoms with E-state index < -0.39 is 11.7 Å². The van der Waals surface area contributed by atoms with Gasteiger partial charge in [-0.3, -0.25) is 4.79 Å². The monoisotopic (exact) mass is 445 g/mol. The molecule has 0 bridgehead atoms. The molecule has 1 unspecified atom stereocenters. The van der Waals surface area contributed by atoms with Crippen LogP contribution in [-0.2, 0) is 0 Å². The van der Waals surface area contributed by atoms with E-state index in [0.717, 1.165) is 47.0 Å². The number of anilines is 2. The second-order valence-electron chi connectivity index (χ2n) is 7.17. The molecule has 0 aliphatic carbocycles. The summed E-state index contributed by atoms with van der Waals surface area (Å²) in [5, 5.41) is 3.62. The number of piperidine rings is 1. The van der Waals surface area contributed by atoms with Gasteiger partial charge in [-0.2, -0.15) is 0 Å². The average molecular weight is 446 g/mol. The standard InChI is InChI=1S/C20H21BrFN5O/c1-11-4-5-15(22)13(7-11)20(28)26-16-9-25-19-17(16)18(14(21)8-24-19)27-6-2-3-12(23)10-27/h4-5,7-9,12H,2-3,6,10,23H2,1H3,(H,24,25)(H,26,28). The van der Waals surface area contributed by atoms with Gasteiger partial charge in [0.25, 0.3) is 5.91 Å². The lowest BCUT2D eigenvalue weighted by molar-refractivity contribution is 0.102. The van der Waals surface area contributed by atoms with Crippen molar-refractivity contribution >= 4 is 44.2 Å². The third-order valence-electron chi connectivity index (χ3n) is 5.02. The lowest BCUT2D eigenvalue weighted by Crippen LogP contribution is -2.43. The molecule has 1 saturated heterocycles. The Hall–Kier alpha value is -2.45. The number of nitrogens with one attached hydrogen (secondary N) is 2. The van der Waals surface area contributed by atoms with Gasteiger partial charge < -0.3 is 20.9 Å². The quantitative estimate of drug-likeness (QED) is 0.569. The van der Waals surface area contributed by atoms with Crippen molar-refractivity contribution in [3.63, 3.8) is 0 Å². The lowest BCUT2D eigenvalue weighted by atomic mass is 10.1. The van der Waals surface area contributed by atoms with Crippen molar-refractivity contribution in [3.8, 4) is 0 Å². The van der Waals surface area contributed by atoms with E-state index >= 15 is 0 Å². The molecule has 0 radical (unpaired) electrons. The molecule has 6 nitrogen and oxygen atoms in total. The topological polar surface area (TPSA) is 87.0 Å².